The number of aryl methyl sites for hydroxylation is 1. The van der Waals surface area contributed by atoms with Crippen LogP contribution in [-0.2, 0) is 22.6 Å². The van der Waals surface area contributed by atoms with Gasteiger partial charge in [-0.05, 0) is 37.3 Å². The van der Waals surface area contributed by atoms with Gasteiger partial charge in [-0.15, -0.1) is 0 Å². The molecule has 0 saturated heterocycles. The van der Waals surface area contributed by atoms with Gasteiger partial charge in [0.1, 0.15) is 0 Å². The molecule has 0 fully saturated rings. The quantitative estimate of drug-likeness (QED) is 0.760. The summed E-state index contributed by atoms with van der Waals surface area (Å²) < 4.78 is 1.98. The second-order valence-corrected chi connectivity index (χ2v) is 6.97. The lowest BCUT2D eigenvalue weighted by Gasteiger charge is -2.15. The number of hydrogen-bond donors (Lipinski definition) is 2. The lowest BCUT2D eigenvalue weighted by atomic mass is 10.1. The zero-order valence-corrected chi connectivity index (χ0v) is 15.8. The number of aliphatic carboxylic acids is 1. The fourth-order valence-corrected chi connectivity index (χ4v) is 3.02. The molecular weight excluding hydrogens is 330 g/mol. The van der Waals surface area contributed by atoms with Gasteiger partial charge in [0, 0.05) is 18.7 Å². The molecule has 1 heterocycles. The summed E-state index contributed by atoms with van der Waals surface area (Å²) >= 11 is 0. The van der Waals surface area contributed by atoms with Gasteiger partial charge < -0.3 is 10.4 Å². The van der Waals surface area contributed by atoms with Crippen LogP contribution in [0.1, 0.15) is 48.8 Å². The van der Waals surface area contributed by atoms with Crippen LogP contribution in [0.5, 0.6) is 0 Å². The number of carboxylic acid groups (broad SMARTS) is 1. The van der Waals surface area contributed by atoms with Gasteiger partial charge >= 0.3 is 5.97 Å². The van der Waals surface area contributed by atoms with E-state index in [9.17, 15) is 14.7 Å². The first kappa shape index (κ1) is 19.7. The molecule has 140 valence electrons. The smallest absolute Gasteiger partial charge is 0.330 e. The summed E-state index contributed by atoms with van der Waals surface area (Å²) in [5.41, 5.74) is 3.62. The van der Waals surface area contributed by atoms with E-state index in [1.165, 1.54) is 0 Å². The van der Waals surface area contributed by atoms with Crippen LogP contribution < -0.4 is 5.32 Å². The van der Waals surface area contributed by atoms with Gasteiger partial charge in [-0.1, -0.05) is 44.2 Å². The molecule has 1 aromatic carbocycles. The average molecular weight is 357 g/mol. The van der Waals surface area contributed by atoms with Crippen LogP contribution in [0.4, 0.5) is 0 Å². The number of hydrogen-bond acceptors (Lipinski definition) is 3. The van der Waals surface area contributed by atoms with Gasteiger partial charge in [-0.3, -0.25) is 9.48 Å². The maximum atomic E-state index is 12.3. The minimum atomic E-state index is -1.07. The lowest BCUT2D eigenvalue weighted by Crippen LogP contribution is -2.33. The van der Waals surface area contributed by atoms with Crippen LogP contribution in [0.15, 0.2) is 30.3 Å². The molecule has 6 nitrogen and oxygen atoms in total. The number of nitrogens with one attached hydrogen (secondary N) is 1. The van der Waals surface area contributed by atoms with Crippen LogP contribution in [0.3, 0.4) is 0 Å². The van der Waals surface area contributed by atoms with E-state index in [4.69, 9.17) is 0 Å². The van der Waals surface area contributed by atoms with Crippen LogP contribution in [-0.4, -0.2) is 26.8 Å². The molecule has 1 atom stereocenters. The van der Waals surface area contributed by atoms with Crippen molar-refractivity contribution in [3.8, 4) is 0 Å². The van der Waals surface area contributed by atoms with Crippen LogP contribution in [0.2, 0.25) is 0 Å². The zero-order valence-electron chi connectivity index (χ0n) is 15.8. The average Bonchev–Trinajstić information content (AvgIpc) is 2.84. The number of carbonyl (C=O) groups excluding carboxylic acids is 1. The van der Waals surface area contributed by atoms with Gasteiger partial charge in [0.2, 0.25) is 5.91 Å². The minimum Gasteiger partial charge on any atom is -0.479 e. The molecule has 0 spiro atoms. The molecular formula is C20H27N3O3. The SMILES string of the molecule is Cc1nn(CC(C)C)c(C)c1CCC(=O)NC(C(=O)O)c1ccccc1. The van der Waals surface area contributed by atoms with E-state index < -0.39 is 12.0 Å². The molecule has 1 aromatic heterocycles. The van der Waals surface area contributed by atoms with Gasteiger partial charge in [0.05, 0.1) is 5.69 Å². The first-order valence-corrected chi connectivity index (χ1v) is 8.89. The van der Waals surface area contributed by atoms with E-state index in [2.05, 4.69) is 24.3 Å². The Morgan fingerprint density at radius 1 is 1.19 bits per heavy atom. The summed E-state index contributed by atoms with van der Waals surface area (Å²) in [7, 11) is 0. The minimum absolute atomic E-state index is 0.228. The summed E-state index contributed by atoms with van der Waals surface area (Å²) in [5.74, 6) is -0.857. The third-order valence-corrected chi connectivity index (χ3v) is 4.36. The number of benzene rings is 1. The molecule has 0 saturated carbocycles. The highest BCUT2D eigenvalue weighted by molar-refractivity contribution is 5.84. The Morgan fingerprint density at radius 3 is 2.42 bits per heavy atom. The van der Waals surface area contributed by atoms with E-state index in [0.717, 1.165) is 23.5 Å². The molecule has 1 amide bonds. The van der Waals surface area contributed by atoms with Crippen LogP contribution >= 0.6 is 0 Å². The van der Waals surface area contributed by atoms with E-state index in [0.29, 0.717) is 17.9 Å². The van der Waals surface area contributed by atoms with E-state index >= 15 is 0 Å². The van der Waals surface area contributed by atoms with Crippen molar-refractivity contribution in [1.29, 1.82) is 0 Å². The topological polar surface area (TPSA) is 84.2 Å². The predicted octanol–water partition coefficient (Wildman–Crippen LogP) is 3.03. The monoisotopic (exact) mass is 357 g/mol. The molecule has 26 heavy (non-hydrogen) atoms. The largest absolute Gasteiger partial charge is 0.479 e. The van der Waals surface area contributed by atoms with Crippen LogP contribution in [0, 0.1) is 19.8 Å². The summed E-state index contributed by atoms with van der Waals surface area (Å²) in [6, 6.07) is 7.69. The Bertz CT molecular complexity index is 766. The van der Waals surface area contributed by atoms with Crippen molar-refractivity contribution in [2.45, 2.75) is 53.1 Å². The number of carbonyl (C=O) groups is 2. The number of carboxylic acids is 1. The summed E-state index contributed by atoms with van der Waals surface area (Å²) in [6.07, 6.45) is 0.772. The third-order valence-electron chi connectivity index (χ3n) is 4.36. The molecule has 0 aliphatic rings. The summed E-state index contributed by atoms with van der Waals surface area (Å²) in [6.45, 7) is 9.08. The fraction of sp³-hybridized carbons (Fsp3) is 0.450. The Kier molecular flexibility index (Phi) is 6.55. The van der Waals surface area contributed by atoms with Gasteiger partial charge in [-0.25, -0.2) is 4.79 Å². The van der Waals surface area contributed by atoms with E-state index in [1.54, 1.807) is 24.3 Å². The molecule has 2 rings (SSSR count). The number of aromatic nitrogens is 2. The maximum Gasteiger partial charge on any atom is 0.330 e. The number of amides is 1. The molecule has 0 aliphatic heterocycles. The normalized spacial score (nSPS) is 12.2. The van der Waals surface area contributed by atoms with E-state index in [1.807, 2.05) is 24.6 Å². The second-order valence-electron chi connectivity index (χ2n) is 6.97. The van der Waals surface area contributed by atoms with Gasteiger partial charge in [0.25, 0.3) is 0 Å². The maximum absolute atomic E-state index is 12.3. The molecule has 2 N–H and O–H groups in total. The van der Waals surface area contributed by atoms with Crippen molar-refractivity contribution in [1.82, 2.24) is 15.1 Å². The first-order chi connectivity index (χ1) is 12.3. The third kappa shape index (κ3) is 4.94. The summed E-state index contributed by atoms with van der Waals surface area (Å²) in [4.78, 5) is 23.8. The highest BCUT2D eigenvalue weighted by atomic mass is 16.4. The van der Waals surface area contributed by atoms with Gasteiger partial charge in [0.15, 0.2) is 6.04 Å². The molecule has 1 unspecified atom stereocenters. The van der Waals surface area contributed by atoms with Crippen molar-refractivity contribution in [2.24, 2.45) is 5.92 Å². The molecule has 6 heteroatoms. The molecule has 2 aromatic rings. The van der Waals surface area contributed by atoms with Crippen molar-refractivity contribution in [3.05, 3.63) is 52.8 Å². The van der Waals surface area contributed by atoms with Gasteiger partial charge in [-0.2, -0.15) is 5.10 Å². The standard InChI is InChI=1S/C20H27N3O3/c1-13(2)12-23-15(4)17(14(3)22-23)10-11-18(24)21-19(20(25)26)16-8-6-5-7-9-16/h5-9,13,19H,10-12H2,1-4H3,(H,21,24)(H,25,26). The highest BCUT2D eigenvalue weighted by Crippen LogP contribution is 2.17. The van der Waals surface area contributed by atoms with Crippen molar-refractivity contribution < 1.29 is 14.7 Å². The first-order valence-electron chi connectivity index (χ1n) is 8.89. The summed E-state index contributed by atoms with van der Waals surface area (Å²) in [5, 5.41) is 16.6. The Balaban J connectivity index is 2.02. The molecule has 0 bridgehead atoms. The molecule has 0 aliphatic carbocycles. The second kappa shape index (κ2) is 8.65. The van der Waals surface area contributed by atoms with Crippen molar-refractivity contribution in [2.75, 3.05) is 0 Å². The number of nitrogens with zero attached hydrogens (tertiary/aromatic N) is 2. The predicted molar refractivity (Wildman–Crippen MR) is 99.8 cm³/mol. The Hall–Kier alpha value is -2.63. The number of rotatable bonds is 8. The lowest BCUT2D eigenvalue weighted by molar-refractivity contribution is -0.142. The fourth-order valence-electron chi connectivity index (χ4n) is 3.02. The van der Waals surface area contributed by atoms with Crippen LogP contribution in [0.25, 0.3) is 0 Å². The van der Waals surface area contributed by atoms with Crippen molar-refractivity contribution >= 4 is 11.9 Å². The van der Waals surface area contributed by atoms with E-state index in [-0.39, 0.29) is 12.3 Å². The Labute approximate surface area is 154 Å². The Morgan fingerprint density at radius 2 is 1.85 bits per heavy atom. The molecule has 0 radical (unpaired) electrons. The van der Waals surface area contributed by atoms with Crippen molar-refractivity contribution in [3.63, 3.8) is 0 Å². The highest BCUT2D eigenvalue weighted by Gasteiger charge is 2.22. The zero-order chi connectivity index (χ0) is 19.3.